The summed E-state index contributed by atoms with van der Waals surface area (Å²) < 4.78 is 4.95. The minimum Gasteiger partial charge on any atom is -0.388 e. The van der Waals surface area contributed by atoms with E-state index in [1.807, 2.05) is 12.3 Å². The Labute approximate surface area is 106 Å². The predicted octanol–water partition coefficient (Wildman–Crippen LogP) is 1.40. The summed E-state index contributed by atoms with van der Waals surface area (Å²) in [6.07, 6.45) is 4.05. The zero-order chi connectivity index (χ0) is 12.7. The Kier molecular flexibility index (Phi) is 5.67. The number of methoxy groups -OCH3 is 1. The van der Waals surface area contributed by atoms with Gasteiger partial charge in [-0.1, -0.05) is 0 Å². The van der Waals surface area contributed by atoms with Crippen molar-refractivity contribution in [2.75, 3.05) is 31.8 Å². The molecule has 1 atom stereocenters. The highest BCUT2D eigenvalue weighted by Gasteiger charge is 2.19. The van der Waals surface area contributed by atoms with Gasteiger partial charge in [-0.15, -0.1) is 11.8 Å². The van der Waals surface area contributed by atoms with Gasteiger partial charge in [0.25, 0.3) is 0 Å². The fourth-order valence-corrected chi connectivity index (χ4v) is 1.62. The molecule has 5 nitrogen and oxygen atoms in total. The van der Waals surface area contributed by atoms with Gasteiger partial charge in [-0.05, 0) is 13.2 Å². The molecule has 1 unspecified atom stereocenters. The van der Waals surface area contributed by atoms with E-state index in [0.717, 1.165) is 10.8 Å². The van der Waals surface area contributed by atoms with Gasteiger partial charge in [0.05, 0.1) is 5.60 Å². The monoisotopic (exact) mass is 257 g/mol. The Balaban J connectivity index is 2.48. The maximum Gasteiger partial charge on any atom is 0.130 e. The van der Waals surface area contributed by atoms with Crippen LogP contribution in [0.25, 0.3) is 0 Å². The summed E-state index contributed by atoms with van der Waals surface area (Å²) >= 11 is 1.56. The molecule has 17 heavy (non-hydrogen) atoms. The third-order valence-electron chi connectivity index (χ3n) is 2.35. The summed E-state index contributed by atoms with van der Waals surface area (Å²) in [5, 5.41) is 14.0. The Hall–Kier alpha value is -0.850. The van der Waals surface area contributed by atoms with Crippen molar-refractivity contribution in [1.82, 2.24) is 9.97 Å². The van der Waals surface area contributed by atoms with E-state index >= 15 is 0 Å². The maximum atomic E-state index is 10.0. The van der Waals surface area contributed by atoms with Crippen LogP contribution in [0.4, 0.5) is 5.82 Å². The molecule has 0 radical (unpaired) electrons. The van der Waals surface area contributed by atoms with Gasteiger partial charge in [0.2, 0.25) is 0 Å². The highest BCUT2D eigenvalue weighted by molar-refractivity contribution is 7.98. The first-order chi connectivity index (χ1) is 8.07. The van der Waals surface area contributed by atoms with Gasteiger partial charge in [0.1, 0.15) is 17.2 Å². The molecule has 1 heterocycles. The van der Waals surface area contributed by atoms with Crippen LogP contribution in [0, 0.1) is 0 Å². The van der Waals surface area contributed by atoms with Crippen LogP contribution < -0.4 is 5.32 Å². The van der Waals surface area contributed by atoms with Gasteiger partial charge in [-0.2, -0.15) is 0 Å². The van der Waals surface area contributed by atoms with Gasteiger partial charge >= 0.3 is 0 Å². The lowest BCUT2D eigenvalue weighted by atomic mass is 10.0. The molecule has 0 saturated heterocycles. The highest BCUT2D eigenvalue weighted by Crippen LogP contribution is 2.15. The van der Waals surface area contributed by atoms with Crippen LogP contribution in [0.1, 0.15) is 13.3 Å². The number of hydrogen-bond acceptors (Lipinski definition) is 6. The third kappa shape index (κ3) is 5.34. The van der Waals surface area contributed by atoms with Crippen molar-refractivity contribution < 1.29 is 9.84 Å². The summed E-state index contributed by atoms with van der Waals surface area (Å²) in [5.74, 6) is 0.724. The molecule has 0 aliphatic carbocycles. The Morgan fingerprint density at radius 2 is 2.29 bits per heavy atom. The van der Waals surface area contributed by atoms with Crippen molar-refractivity contribution in [3.63, 3.8) is 0 Å². The number of ether oxygens (including phenoxy) is 1. The van der Waals surface area contributed by atoms with Gasteiger partial charge in [0, 0.05) is 32.7 Å². The SMILES string of the molecule is COCCC(C)(O)CNc1cc(SC)ncn1. The smallest absolute Gasteiger partial charge is 0.130 e. The first-order valence-electron chi connectivity index (χ1n) is 5.38. The Morgan fingerprint density at radius 1 is 1.53 bits per heavy atom. The van der Waals surface area contributed by atoms with Crippen molar-refractivity contribution >= 4 is 17.6 Å². The lowest BCUT2D eigenvalue weighted by Crippen LogP contribution is -2.34. The molecule has 1 rings (SSSR count). The van der Waals surface area contributed by atoms with E-state index in [2.05, 4.69) is 15.3 Å². The molecule has 0 aromatic carbocycles. The number of thioether (sulfide) groups is 1. The second-order valence-corrected chi connectivity index (χ2v) is 4.87. The van der Waals surface area contributed by atoms with Crippen LogP contribution in [0.5, 0.6) is 0 Å². The van der Waals surface area contributed by atoms with Gasteiger partial charge in [-0.25, -0.2) is 9.97 Å². The minimum atomic E-state index is -0.805. The van der Waals surface area contributed by atoms with Crippen molar-refractivity contribution in [2.45, 2.75) is 24.0 Å². The first-order valence-corrected chi connectivity index (χ1v) is 6.61. The van der Waals surface area contributed by atoms with E-state index in [-0.39, 0.29) is 0 Å². The van der Waals surface area contributed by atoms with Crippen molar-refractivity contribution in [1.29, 1.82) is 0 Å². The molecule has 96 valence electrons. The van der Waals surface area contributed by atoms with E-state index in [4.69, 9.17) is 4.74 Å². The van der Waals surface area contributed by atoms with Crippen molar-refractivity contribution in [3.05, 3.63) is 12.4 Å². The van der Waals surface area contributed by atoms with Crippen LogP contribution >= 0.6 is 11.8 Å². The molecule has 0 saturated carbocycles. The molecule has 0 aliphatic heterocycles. The lowest BCUT2D eigenvalue weighted by Gasteiger charge is -2.23. The first kappa shape index (κ1) is 14.2. The lowest BCUT2D eigenvalue weighted by molar-refractivity contribution is 0.0357. The number of anilines is 1. The molecule has 0 aliphatic rings. The van der Waals surface area contributed by atoms with E-state index < -0.39 is 5.60 Å². The highest BCUT2D eigenvalue weighted by atomic mass is 32.2. The van der Waals surface area contributed by atoms with E-state index in [1.54, 1.807) is 25.8 Å². The third-order valence-corrected chi connectivity index (χ3v) is 2.99. The standard InChI is InChI=1S/C11H19N3O2S/c1-11(15,4-5-16-2)7-12-9-6-10(17-3)14-8-13-9/h6,8,15H,4-5,7H2,1-3H3,(H,12,13,14). The summed E-state index contributed by atoms with van der Waals surface area (Å²) in [6.45, 7) is 2.74. The molecule has 0 fully saturated rings. The molecule has 0 spiro atoms. The number of hydrogen-bond donors (Lipinski definition) is 2. The molecular weight excluding hydrogens is 238 g/mol. The number of nitrogens with zero attached hydrogens (tertiary/aromatic N) is 2. The second-order valence-electron chi connectivity index (χ2n) is 4.04. The fourth-order valence-electron chi connectivity index (χ4n) is 1.24. The minimum absolute atomic E-state index is 0.432. The average Bonchev–Trinajstić information content (AvgIpc) is 2.34. The predicted molar refractivity (Wildman–Crippen MR) is 69.4 cm³/mol. The fraction of sp³-hybridized carbons (Fsp3) is 0.636. The normalized spacial score (nSPS) is 14.4. The average molecular weight is 257 g/mol. The number of rotatable bonds is 7. The van der Waals surface area contributed by atoms with Crippen LogP contribution in [-0.2, 0) is 4.74 Å². The second kappa shape index (κ2) is 6.78. The number of aromatic nitrogens is 2. The zero-order valence-electron chi connectivity index (χ0n) is 10.4. The molecule has 1 aromatic heterocycles. The van der Waals surface area contributed by atoms with Gasteiger partial charge < -0.3 is 15.2 Å². The molecule has 6 heteroatoms. The van der Waals surface area contributed by atoms with Crippen molar-refractivity contribution in [2.24, 2.45) is 0 Å². The number of aliphatic hydroxyl groups is 1. The van der Waals surface area contributed by atoms with Crippen LogP contribution in [-0.4, -0.2) is 47.2 Å². The zero-order valence-corrected chi connectivity index (χ0v) is 11.3. The van der Waals surface area contributed by atoms with Crippen LogP contribution in [0.3, 0.4) is 0 Å². The van der Waals surface area contributed by atoms with Crippen molar-refractivity contribution in [3.8, 4) is 0 Å². The molecule has 0 bridgehead atoms. The molecule has 1 aromatic rings. The topological polar surface area (TPSA) is 67.3 Å². The van der Waals surface area contributed by atoms with E-state index in [1.165, 1.54) is 6.33 Å². The quantitative estimate of drug-likeness (QED) is 0.568. The summed E-state index contributed by atoms with van der Waals surface area (Å²) in [7, 11) is 1.62. The Morgan fingerprint density at radius 3 is 2.94 bits per heavy atom. The van der Waals surface area contributed by atoms with Gasteiger partial charge in [-0.3, -0.25) is 0 Å². The Bertz CT molecular complexity index is 347. The molecular formula is C11H19N3O2S. The molecule has 2 N–H and O–H groups in total. The van der Waals surface area contributed by atoms with E-state index in [0.29, 0.717) is 19.6 Å². The van der Waals surface area contributed by atoms with Crippen LogP contribution in [0.2, 0.25) is 0 Å². The summed E-state index contributed by atoms with van der Waals surface area (Å²) in [4.78, 5) is 8.17. The van der Waals surface area contributed by atoms with Crippen LogP contribution in [0.15, 0.2) is 17.4 Å². The summed E-state index contributed by atoms with van der Waals surface area (Å²) in [6, 6.07) is 1.86. The van der Waals surface area contributed by atoms with E-state index in [9.17, 15) is 5.11 Å². The summed E-state index contributed by atoms with van der Waals surface area (Å²) in [5.41, 5.74) is -0.805. The number of nitrogens with one attached hydrogen (secondary N) is 1. The maximum absolute atomic E-state index is 10.0. The largest absolute Gasteiger partial charge is 0.388 e. The van der Waals surface area contributed by atoms with Gasteiger partial charge in [0.15, 0.2) is 0 Å². The molecule has 0 amide bonds.